The molecule has 27 heavy (non-hydrogen) atoms. The van der Waals surface area contributed by atoms with Crippen LogP contribution in [0.4, 0.5) is 0 Å². The summed E-state index contributed by atoms with van der Waals surface area (Å²) in [6.45, 7) is 12.1. The highest BCUT2D eigenvalue weighted by Crippen LogP contribution is 2.18. The minimum Gasteiger partial charge on any atom is -0.489 e. The fourth-order valence-corrected chi connectivity index (χ4v) is 3.55. The number of nitrogens with one attached hydrogen (secondary N) is 1. The number of aryl methyl sites for hydroxylation is 1. The van der Waals surface area contributed by atoms with Crippen molar-refractivity contribution in [2.24, 2.45) is 4.99 Å². The van der Waals surface area contributed by atoms with Gasteiger partial charge in [0, 0.05) is 38.8 Å². The normalized spacial score (nSPS) is 21.2. The van der Waals surface area contributed by atoms with Gasteiger partial charge in [-0.05, 0) is 39.3 Å². The maximum Gasteiger partial charge on any atom is 0.194 e. The van der Waals surface area contributed by atoms with Gasteiger partial charge in [-0.25, -0.2) is 4.99 Å². The average Bonchev–Trinajstić information content (AvgIpc) is 3.32. The van der Waals surface area contributed by atoms with E-state index in [4.69, 9.17) is 9.73 Å². The van der Waals surface area contributed by atoms with Crippen LogP contribution in [0.1, 0.15) is 25.8 Å². The first-order valence-electron chi connectivity index (χ1n) is 9.81. The lowest BCUT2D eigenvalue weighted by Gasteiger charge is -2.25. The zero-order valence-electron chi connectivity index (χ0n) is 16.7. The first kappa shape index (κ1) is 22.0. The number of likely N-dealkylation sites (tertiary alicyclic amines) is 1. The molecular weight excluding hydrogens is 451 g/mol. The SMILES string of the molecule is CCNC(=NCC(C)Oc1ccc(C)cc1)N1CCC(N2CC=CC2)C1.I. The van der Waals surface area contributed by atoms with Crippen LogP contribution in [0.25, 0.3) is 0 Å². The van der Waals surface area contributed by atoms with Gasteiger partial charge in [-0.1, -0.05) is 29.8 Å². The van der Waals surface area contributed by atoms with Crippen LogP contribution in [0.5, 0.6) is 5.75 Å². The van der Waals surface area contributed by atoms with Crippen LogP contribution in [-0.4, -0.2) is 67.2 Å². The van der Waals surface area contributed by atoms with E-state index >= 15 is 0 Å². The zero-order chi connectivity index (χ0) is 18.4. The Balaban J connectivity index is 0.00000261. The van der Waals surface area contributed by atoms with Gasteiger partial charge in [-0.2, -0.15) is 0 Å². The highest BCUT2D eigenvalue weighted by molar-refractivity contribution is 14.0. The molecule has 0 spiro atoms. The van der Waals surface area contributed by atoms with Crippen LogP contribution in [0.2, 0.25) is 0 Å². The average molecular weight is 484 g/mol. The number of benzene rings is 1. The molecule has 0 bridgehead atoms. The van der Waals surface area contributed by atoms with Crippen molar-refractivity contribution < 1.29 is 4.74 Å². The van der Waals surface area contributed by atoms with Gasteiger partial charge in [0.1, 0.15) is 11.9 Å². The highest BCUT2D eigenvalue weighted by atomic mass is 127. The van der Waals surface area contributed by atoms with Gasteiger partial charge in [0.2, 0.25) is 0 Å². The van der Waals surface area contributed by atoms with Crippen LogP contribution >= 0.6 is 24.0 Å². The van der Waals surface area contributed by atoms with Crippen molar-refractivity contribution in [2.45, 2.75) is 39.3 Å². The van der Waals surface area contributed by atoms with Crippen LogP contribution in [0.3, 0.4) is 0 Å². The summed E-state index contributed by atoms with van der Waals surface area (Å²) < 4.78 is 5.99. The Bertz CT molecular complexity index is 624. The molecule has 2 aliphatic heterocycles. The summed E-state index contributed by atoms with van der Waals surface area (Å²) in [4.78, 5) is 9.78. The Kier molecular flexibility index (Phi) is 8.89. The molecule has 0 amide bonds. The molecule has 0 aliphatic carbocycles. The topological polar surface area (TPSA) is 40.1 Å². The minimum absolute atomic E-state index is 0. The molecule has 6 heteroatoms. The molecule has 2 unspecified atom stereocenters. The fourth-order valence-electron chi connectivity index (χ4n) is 3.55. The zero-order valence-corrected chi connectivity index (χ0v) is 19.1. The summed E-state index contributed by atoms with van der Waals surface area (Å²) in [6, 6.07) is 8.83. The number of halogens is 1. The number of guanidine groups is 1. The monoisotopic (exact) mass is 484 g/mol. The van der Waals surface area contributed by atoms with Gasteiger partial charge in [-0.15, -0.1) is 24.0 Å². The van der Waals surface area contributed by atoms with E-state index in [1.807, 2.05) is 12.1 Å². The lowest BCUT2D eigenvalue weighted by molar-refractivity contribution is 0.229. The Labute approximate surface area is 180 Å². The molecule has 2 aliphatic rings. The number of ether oxygens (including phenoxy) is 1. The molecule has 1 aromatic carbocycles. The van der Waals surface area contributed by atoms with Gasteiger partial charge < -0.3 is 15.0 Å². The van der Waals surface area contributed by atoms with E-state index in [-0.39, 0.29) is 30.1 Å². The number of nitrogens with zero attached hydrogens (tertiary/aromatic N) is 3. The lowest BCUT2D eigenvalue weighted by atomic mass is 10.2. The van der Waals surface area contributed by atoms with Crippen molar-refractivity contribution >= 4 is 29.9 Å². The second-order valence-electron chi connectivity index (χ2n) is 7.25. The molecule has 0 saturated carbocycles. The summed E-state index contributed by atoms with van der Waals surface area (Å²) in [5.74, 6) is 1.92. The summed E-state index contributed by atoms with van der Waals surface area (Å²) in [5.41, 5.74) is 1.24. The van der Waals surface area contributed by atoms with Crippen molar-refractivity contribution in [3.05, 3.63) is 42.0 Å². The maximum absolute atomic E-state index is 5.99. The summed E-state index contributed by atoms with van der Waals surface area (Å²) >= 11 is 0. The molecule has 3 rings (SSSR count). The van der Waals surface area contributed by atoms with E-state index < -0.39 is 0 Å². The van der Waals surface area contributed by atoms with E-state index in [1.54, 1.807) is 0 Å². The largest absolute Gasteiger partial charge is 0.489 e. The summed E-state index contributed by atoms with van der Waals surface area (Å²) in [6.07, 6.45) is 5.80. The van der Waals surface area contributed by atoms with E-state index in [9.17, 15) is 0 Å². The van der Waals surface area contributed by atoms with E-state index in [2.05, 4.69) is 60.2 Å². The van der Waals surface area contributed by atoms with Gasteiger partial charge in [0.25, 0.3) is 0 Å². The third-order valence-electron chi connectivity index (χ3n) is 5.02. The Morgan fingerprint density at radius 2 is 1.96 bits per heavy atom. The van der Waals surface area contributed by atoms with Crippen LogP contribution < -0.4 is 10.1 Å². The Morgan fingerprint density at radius 1 is 1.26 bits per heavy atom. The maximum atomic E-state index is 5.99. The molecule has 0 radical (unpaired) electrons. The van der Waals surface area contributed by atoms with Crippen molar-refractivity contribution in [1.82, 2.24) is 15.1 Å². The van der Waals surface area contributed by atoms with Crippen molar-refractivity contribution in [1.29, 1.82) is 0 Å². The quantitative estimate of drug-likeness (QED) is 0.291. The van der Waals surface area contributed by atoms with Crippen molar-refractivity contribution in [3.63, 3.8) is 0 Å². The second kappa shape index (κ2) is 10.9. The summed E-state index contributed by atoms with van der Waals surface area (Å²) in [7, 11) is 0. The molecule has 1 N–H and O–H groups in total. The predicted molar refractivity (Wildman–Crippen MR) is 123 cm³/mol. The standard InChI is InChI=1S/C21H32N4O.HI/c1-4-22-21(25-14-11-19(16-25)24-12-5-6-13-24)23-15-18(3)26-20-9-7-17(2)8-10-20;/h5-10,18-19H,4,11-16H2,1-3H3,(H,22,23);1H. The predicted octanol–water partition coefficient (Wildman–Crippen LogP) is 3.29. The number of hydrogen-bond acceptors (Lipinski definition) is 3. The number of hydrogen-bond donors (Lipinski definition) is 1. The molecule has 1 fully saturated rings. The Hall–Kier alpha value is -1.28. The van der Waals surface area contributed by atoms with Gasteiger partial charge in [-0.3, -0.25) is 4.90 Å². The van der Waals surface area contributed by atoms with Crippen molar-refractivity contribution in [3.8, 4) is 5.75 Å². The van der Waals surface area contributed by atoms with E-state index in [0.29, 0.717) is 12.6 Å². The first-order valence-corrected chi connectivity index (χ1v) is 9.81. The third-order valence-corrected chi connectivity index (χ3v) is 5.02. The van der Waals surface area contributed by atoms with E-state index in [1.165, 1.54) is 12.0 Å². The third kappa shape index (κ3) is 6.38. The Morgan fingerprint density at radius 3 is 2.63 bits per heavy atom. The molecular formula is C21H33IN4O. The minimum atomic E-state index is 0. The van der Waals surface area contributed by atoms with Crippen LogP contribution in [0, 0.1) is 6.92 Å². The molecule has 5 nitrogen and oxygen atoms in total. The van der Waals surface area contributed by atoms with Crippen LogP contribution in [-0.2, 0) is 0 Å². The fraction of sp³-hybridized carbons (Fsp3) is 0.571. The van der Waals surface area contributed by atoms with Crippen molar-refractivity contribution in [2.75, 3.05) is 39.3 Å². The molecule has 2 atom stereocenters. The molecule has 150 valence electrons. The summed E-state index contributed by atoms with van der Waals surface area (Å²) in [5, 5.41) is 3.45. The lowest BCUT2D eigenvalue weighted by Crippen LogP contribution is -2.43. The van der Waals surface area contributed by atoms with Gasteiger partial charge in [0.15, 0.2) is 5.96 Å². The first-order chi connectivity index (χ1) is 12.7. The second-order valence-corrected chi connectivity index (χ2v) is 7.25. The molecule has 1 aromatic rings. The van der Waals surface area contributed by atoms with Gasteiger partial charge >= 0.3 is 0 Å². The number of aliphatic imine (C=N–C) groups is 1. The number of rotatable bonds is 6. The molecule has 0 aromatic heterocycles. The van der Waals surface area contributed by atoms with E-state index in [0.717, 1.165) is 44.4 Å². The molecule has 2 heterocycles. The van der Waals surface area contributed by atoms with Gasteiger partial charge in [0.05, 0.1) is 6.54 Å². The van der Waals surface area contributed by atoms with Crippen LogP contribution in [0.15, 0.2) is 41.4 Å². The highest BCUT2D eigenvalue weighted by Gasteiger charge is 2.29. The smallest absolute Gasteiger partial charge is 0.194 e. The molecule has 1 saturated heterocycles.